The number of hydrogen-bond donors (Lipinski definition) is 1. The van der Waals surface area contributed by atoms with Gasteiger partial charge < -0.3 is 10.1 Å². The zero-order valence-electron chi connectivity index (χ0n) is 14.7. The fraction of sp³-hybridized carbons (Fsp3) is 0.158. The number of carbonyl (C=O) groups is 1. The Kier molecular flexibility index (Phi) is 5.56. The van der Waals surface area contributed by atoms with E-state index in [2.05, 4.69) is 10.3 Å². The lowest BCUT2D eigenvalue weighted by atomic mass is 10.2. The molecule has 0 saturated carbocycles. The van der Waals surface area contributed by atoms with Gasteiger partial charge in [0.15, 0.2) is 0 Å². The summed E-state index contributed by atoms with van der Waals surface area (Å²) in [5, 5.41) is 15.0. The third kappa shape index (κ3) is 4.35. The van der Waals surface area contributed by atoms with Crippen molar-refractivity contribution in [2.75, 3.05) is 12.4 Å². The molecule has 138 valence electrons. The predicted molar refractivity (Wildman–Crippen MR) is 105 cm³/mol. The molecule has 0 radical (unpaired) electrons. The fourth-order valence-corrected chi connectivity index (χ4v) is 3.32. The van der Waals surface area contributed by atoms with Crippen molar-refractivity contribution in [1.29, 1.82) is 0 Å². The number of pyridine rings is 1. The zero-order chi connectivity index (χ0) is 19.4. The van der Waals surface area contributed by atoms with Crippen molar-refractivity contribution in [3.63, 3.8) is 0 Å². The molecule has 1 N–H and O–H groups in total. The molecular weight excluding hydrogens is 366 g/mol. The van der Waals surface area contributed by atoms with Crippen molar-refractivity contribution < 1.29 is 14.5 Å². The largest absolute Gasteiger partial charge is 0.495 e. The van der Waals surface area contributed by atoms with Crippen molar-refractivity contribution in [2.24, 2.45) is 0 Å². The highest BCUT2D eigenvalue weighted by molar-refractivity contribution is 8.00. The molecular formula is C19H17N3O4S. The molecule has 7 nitrogen and oxygen atoms in total. The van der Waals surface area contributed by atoms with Crippen LogP contribution in [0.15, 0.2) is 59.6 Å². The number of amides is 1. The van der Waals surface area contributed by atoms with Crippen molar-refractivity contribution in [1.82, 2.24) is 4.98 Å². The highest BCUT2D eigenvalue weighted by Gasteiger charge is 2.19. The van der Waals surface area contributed by atoms with Crippen LogP contribution in [0.4, 0.5) is 11.4 Å². The predicted octanol–water partition coefficient (Wildman–Crippen LogP) is 4.27. The van der Waals surface area contributed by atoms with Crippen molar-refractivity contribution >= 4 is 39.9 Å². The maximum atomic E-state index is 12.5. The molecule has 0 fully saturated rings. The van der Waals surface area contributed by atoms with Crippen LogP contribution < -0.4 is 10.1 Å². The van der Waals surface area contributed by atoms with Crippen molar-refractivity contribution in [3.05, 3.63) is 64.7 Å². The number of carbonyl (C=O) groups excluding carboxylic acids is 1. The molecule has 1 atom stereocenters. The average Bonchev–Trinajstić information content (AvgIpc) is 2.67. The van der Waals surface area contributed by atoms with Gasteiger partial charge in [-0.05, 0) is 25.1 Å². The molecule has 3 aromatic rings. The number of thioether (sulfide) groups is 1. The summed E-state index contributed by atoms with van der Waals surface area (Å²) in [7, 11) is 1.44. The minimum atomic E-state index is -0.522. The Morgan fingerprint density at radius 3 is 2.74 bits per heavy atom. The van der Waals surface area contributed by atoms with Crippen LogP contribution in [0.3, 0.4) is 0 Å². The molecule has 3 rings (SSSR count). The van der Waals surface area contributed by atoms with Crippen LogP contribution in [0.1, 0.15) is 6.92 Å². The standard InChI is InChI=1S/C19H17N3O4S/c1-12(27-18-10-7-13-5-3-4-6-15(13)20-18)19(23)21-16-11-14(22(24)25)8-9-17(16)26-2/h3-12H,1-2H3,(H,21,23). The summed E-state index contributed by atoms with van der Waals surface area (Å²) in [6, 6.07) is 15.6. The Balaban J connectivity index is 1.75. The van der Waals surface area contributed by atoms with Crippen LogP contribution in [0.25, 0.3) is 10.9 Å². The second kappa shape index (κ2) is 8.05. The lowest BCUT2D eigenvalue weighted by molar-refractivity contribution is -0.384. The number of benzene rings is 2. The van der Waals surface area contributed by atoms with E-state index in [1.54, 1.807) is 6.92 Å². The molecule has 2 aromatic carbocycles. The molecule has 1 unspecified atom stereocenters. The van der Waals surface area contributed by atoms with Gasteiger partial charge in [0.1, 0.15) is 5.75 Å². The number of nitrogens with one attached hydrogen (secondary N) is 1. The highest BCUT2D eigenvalue weighted by atomic mass is 32.2. The van der Waals surface area contributed by atoms with Gasteiger partial charge in [-0.15, -0.1) is 0 Å². The normalized spacial score (nSPS) is 11.8. The Labute approximate surface area is 159 Å². The zero-order valence-corrected chi connectivity index (χ0v) is 15.5. The smallest absolute Gasteiger partial charge is 0.271 e. The van der Waals surface area contributed by atoms with Gasteiger partial charge in [0.05, 0.1) is 33.5 Å². The molecule has 1 amide bonds. The molecule has 27 heavy (non-hydrogen) atoms. The molecule has 1 aromatic heterocycles. The number of hydrogen-bond acceptors (Lipinski definition) is 6. The molecule has 0 saturated heterocycles. The van der Waals surface area contributed by atoms with Crippen molar-refractivity contribution in [2.45, 2.75) is 17.2 Å². The van der Waals surface area contributed by atoms with Gasteiger partial charge in [0.25, 0.3) is 5.69 Å². The van der Waals surface area contributed by atoms with Gasteiger partial charge >= 0.3 is 0 Å². The summed E-state index contributed by atoms with van der Waals surface area (Å²) in [4.78, 5) is 27.5. The number of para-hydroxylation sites is 1. The quantitative estimate of drug-likeness (QED) is 0.388. The van der Waals surface area contributed by atoms with Crippen LogP contribution in [-0.4, -0.2) is 28.2 Å². The number of nitro benzene ring substituents is 1. The highest BCUT2D eigenvalue weighted by Crippen LogP contribution is 2.30. The average molecular weight is 383 g/mol. The van der Waals surface area contributed by atoms with Gasteiger partial charge in [-0.1, -0.05) is 36.0 Å². The molecule has 0 aliphatic rings. The Bertz CT molecular complexity index is 1010. The van der Waals surface area contributed by atoms with Crippen LogP contribution in [0.5, 0.6) is 5.75 Å². The Morgan fingerprint density at radius 2 is 2.00 bits per heavy atom. The first-order valence-corrected chi connectivity index (χ1v) is 9.01. The third-order valence-electron chi connectivity index (χ3n) is 3.89. The van der Waals surface area contributed by atoms with Crippen LogP contribution in [0, 0.1) is 10.1 Å². The van der Waals surface area contributed by atoms with Crippen LogP contribution in [0.2, 0.25) is 0 Å². The first-order chi connectivity index (χ1) is 13.0. The first kappa shape index (κ1) is 18.7. The second-order valence-corrected chi connectivity index (χ2v) is 7.09. The van der Waals surface area contributed by atoms with Crippen LogP contribution >= 0.6 is 11.8 Å². The summed E-state index contributed by atoms with van der Waals surface area (Å²) in [6.07, 6.45) is 0. The minimum absolute atomic E-state index is 0.123. The number of methoxy groups -OCH3 is 1. The summed E-state index contributed by atoms with van der Waals surface area (Å²) in [6.45, 7) is 1.75. The van der Waals surface area contributed by atoms with E-state index in [0.29, 0.717) is 5.75 Å². The lowest BCUT2D eigenvalue weighted by Gasteiger charge is -2.14. The van der Waals surface area contributed by atoms with Crippen LogP contribution in [-0.2, 0) is 4.79 Å². The van der Waals surface area contributed by atoms with E-state index in [9.17, 15) is 14.9 Å². The van der Waals surface area contributed by atoms with E-state index >= 15 is 0 Å². The number of nitro groups is 1. The maximum absolute atomic E-state index is 12.5. The number of anilines is 1. The molecule has 0 spiro atoms. The van der Waals surface area contributed by atoms with E-state index < -0.39 is 10.2 Å². The maximum Gasteiger partial charge on any atom is 0.271 e. The van der Waals surface area contributed by atoms with E-state index in [4.69, 9.17) is 4.74 Å². The number of nitrogens with zero attached hydrogens (tertiary/aromatic N) is 2. The number of rotatable bonds is 6. The van der Waals surface area contributed by atoms with E-state index in [0.717, 1.165) is 15.9 Å². The minimum Gasteiger partial charge on any atom is -0.495 e. The molecule has 0 aliphatic heterocycles. The Hall–Kier alpha value is -3.13. The molecule has 0 bridgehead atoms. The van der Waals surface area contributed by atoms with Gasteiger partial charge in [-0.3, -0.25) is 14.9 Å². The van der Waals surface area contributed by atoms with Gasteiger partial charge in [-0.25, -0.2) is 4.98 Å². The number of ether oxygens (including phenoxy) is 1. The summed E-state index contributed by atoms with van der Waals surface area (Å²) in [5.41, 5.74) is 0.994. The first-order valence-electron chi connectivity index (χ1n) is 8.13. The summed E-state index contributed by atoms with van der Waals surface area (Å²) in [5.74, 6) is 0.0590. The van der Waals surface area contributed by atoms with Gasteiger partial charge in [-0.2, -0.15) is 0 Å². The molecule has 1 heterocycles. The van der Waals surface area contributed by atoms with Gasteiger partial charge in [0.2, 0.25) is 5.91 Å². The second-order valence-electron chi connectivity index (χ2n) is 5.73. The monoisotopic (exact) mass is 383 g/mol. The van der Waals surface area contributed by atoms with Crippen molar-refractivity contribution in [3.8, 4) is 5.75 Å². The molecule has 0 aliphatic carbocycles. The fourth-order valence-electron chi connectivity index (χ4n) is 2.49. The Morgan fingerprint density at radius 1 is 1.22 bits per heavy atom. The van der Waals surface area contributed by atoms with E-state index in [1.807, 2.05) is 36.4 Å². The number of non-ortho nitro benzene ring substituents is 1. The number of fused-ring (bicyclic) bond motifs is 1. The summed E-state index contributed by atoms with van der Waals surface area (Å²) < 4.78 is 5.17. The summed E-state index contributed by atoms with van der Waals surface area (Å²) >= 11 is 1.31. The third-order valence-corrected chi connectivity index (χ3v) is 4.93. The SMILES string of the molecule is COc1ccc([N+](=O)[O-])cc1NC(=O)C(C)Sc1ccc2ccccc2n1. The lowest BCUT2D eigenvalue weighted by Crippen LogP contribution is -2.22. The number of aromatic nitrogens is 1. The van der Waals surface area contributed by atoms with E-state index in [-0.39, 0.29) is 17.3 Å². The topological polar surface area (TPSA) is 94.4 Å². The van der Waals surface area contributed by atoms with E-state index in [1.165, 1.54) is 37.1 Å². The molecule has 8 heteroatoms. The van der Waals surface area contributed by atoms with Gasteiger partial charge in [0, 0.05) is 17.5 Å².